The van der Waals surface area contributed by atoms with E-state index in [-0.39, 0.29) is 17.8 Å². The molecule has 21 heavy (non-hydrogen) atoms. The van der Waals surface area contributed by atoms with Gasteiger partial charge in [0.15, 0.2) is 0 Å². The smallest absolute Gasteiger partial charge is 0.123 e. The van der Waals surface area contributed by atoms with Gasteiger partial charge in [0.2, 0.25) is 0 Å². The van der Waals surface area contributed by atoms with Crippen LogP contribution in [0.15, 0.2) is 24.3 Å². The number of nitrogens with zero attached hydrogens (tertiary/aromatic N) is 1. The Morgan fingerprint density at radius 3 is 2.43 bits per heavy atom. The Balaban J connectivity index is 1.97. The maximum atomic E-state index is 12.8. The second-order valence-corrected chi connectivity index (χ2v) is 7.01. The largest absolute Gasteiger partial charge is 0.493 e. The molecule has 0 spiro atoms. The molecule has 0 fully saturated rings. The summed E-state index contributed by atoms with van der Waals surface area (Å²) in [7, 11) is 0. The Labute approximate surface area is 128 Å². The molecule has 5 heteroatoms. The van der Waals surface area contributed by atoms with E-state index >= 15 is 0 Å². The second kappa shape index (κ2) is 6.54. The van der Waals surface area contributed by atoms with Crippen LogP contribution in [0.3, 0.4) is 0 Å². The molecule has 1 aromatic heterocycles. The van der Waals surface area contributed by atoms with E-state index in [9.17, 15) is 9.50 Å². The Bertz CT molecular complexity index is 587. The first-order valence-electron chi connectivity index (χ1n) is 6.88. The molecule has 0 saturated heterocycles. The van der Waals surface area contributed by atoms with Crippen molar-refractivity contribution < 1.29 is 14.2 Å². The first-order valence-corrected chi connectivity index (χ1v) is 7.70. The van der Waals surface area contributed by atoms with Gasteiger partial charge in [-0.2, -0.15) is 0 Å². The normalized spacial score (nSPS) is 11.7. The Kier molecular flexibility index (Phi) is 4.96. The van der Waals surface area contributed by atoms with Gasteiger partial charge in [0, 0.05) is 11.8 Å². The minimum atomic E-state index is -0.273. The quantitative estimate of drug-likeness (QED) is 0.916. The number of aliphatic hydroxyl groups excluding tert-OH is 1. The predicted octanol–water partition coefficient (Wildman–Crippen LogP) is 3.69. The van der Waals surface area contributed by atoms with Crippen LogP contribution in [-0.4, -0.2) is 16.7 Å². The van der Waals surface area contributed by atoms with Crippen LogP contribution in [-0.2, 0) is 18.4 Å². The minimum absolute atomic E-state index is 0.0170. The van der Waals surface area contributed by atoms with Crippen LogP contribution >= 0.6 is 11.3 Å². The van der Waals surface area contributed by atoms with E-state index < -0.39 is 0 Å². The Hall–Kier alpha value is -1.46. The van der Waals surface area contributed by atoms with Crippen molar-refractivity contribution in [2.24, 2.45) is 0 Å². The highest BCUT2D eigenvalue weighted by Gasteiger charge is 2.22. The SMILES string of the molecule is CC(C)(C)c1nc(CCOc2ccc(F)cc2)sc1CO. The third-order valence-corrected chi connectivity index (χ3v) is 4.09. The van der Waals surface area contributed by atoms with Gasteiger partial charge in [0.1, 0.15) is 11.6 Å². The molecule has 3 nitrogen and oxygen atoms in total. The number of aliphatic hydroxyl groups is 1. The monoisotopic (exact) mass is 309 g/mol. The summed E-state index contributed by atoms with van der Waals surface area (Å²) >= 11 is 1.52. The molecule has 1 heterocycles. The van der Waals surface area contributed by atoms with E-state index in [1.54, 1.807) is 12.1 Å². The van der Waals surface area contributed by atoms with Gasteiger partial charge >= 0.3 is 0 Å². The van der Waals surface area contributed by atoms with Crippen LogP contribution in [0.2, 0.25) is 0 Å². The molecule has 0 radical (unpaired) electrons. The van der Waals surface area contributed by atoms with Crippen molar-refractivity contribution in [1.82, 2.24) is 4.98 Å². The van der Waals surface area contributed by atoms with Gasteiger partial charge in [0.05, 0.1) is 28.8 Å². The fourth-order valence-electron chi connectivity index (χ4n) is 1.99. The van der Waals surface area contributed by atoms with Crippen molar-refractivity contribution >= 4 is 11.3 Å². The van der Waals surface area contributed by atoms with Crippen molar-refractivity contribution in [3.63, 3.8) is 0 Å². The van der Waals surface area contributed by atoms with Gasteiger partial charge in [-0.15, -0.1) is 11.3 Å². The zero-order valence-electron chi connectivity index (χ0n) is 12.5. The summed E-state index contributed by atoms with van der Waals surface area (Å²) < 4.78 is 18.4. The number of aromatic nitrogens is 1. The first kappa shape index (κ1) is 15.9. The summed E-state index contributed by atoms with van der Waals surface area (Å²) in [6.45, 7) is 6.75. The number of hydrogen-bond donors (Lipinski definition) is 1. The lowest BCUT2D eigenvalue weighted by atomic mass is 9.91. The van der Waals surface area contributed by atoms with Crippen LogP contribution < -0.4 is 4.74 Å². The van der Waals surface area contributed by atoms with Gasteiger partial charge < -0.3 is 9.84 Å². The van der Waals surface area contributed by atoms with E-state index in [1.165, 1.54) is 23.5 Å². The average molecular weight is 309 g/mol. The summed E-state index contributed by atoms with van der Waals surface area (Å²) in [5.74, 6) is 0.371. The number of benzene rings is 1. The molecule has 114 valence electrons. The molecular formula is C16H20FNO2S. The molecule has 2 aromatic rings. The van der Waals surface area contributed by atoms with Crippen LogP contribution in [0.1, 0.15) is 36.3 Å². The molecule has 2 rings (SSSR count). The third kappa shape index (κ3) is 4.25. The van der Waals surface area contributed by atoms with Crippen LogP contribution in [0.5, 0.6) is 5.75 Å². The molecule has 0 atom stereocenters. The minimum Gasteiger partial charge on any atom is -0.493 e. The molecular weight excluding hydrogens is 289 g/mol. The maximum Gasteiger partial charge on any atom is 0.123 e. The van der Waals surface area contributed by atoms with E-state index in [2.05, 4.69) is 25.8 Å². The average Bonchev–Trinajstić information content (AvgIpc) is 2.84. The molecule has 1 aromatic carbocycles. The van der Waals surface area contributed by atoms with Crippen molar-refractivity contribution in [3.05, 3.63) is 45.7 Å². The fourth-order valence-corrected chi connectivity index (χ4v) is 3.11. The standard InChI is InChI=1S/C16H20FNO2S/c1-16(2,3)15-13(10-19)21-14(18-15)8-9-20-12-6-4-11(17)5-7-12/h4-7,19H,8-10H2,1-3H3. The zero-order valence-corrected chi connectivity index (χ0v) is 13.3. The second-order valence-electron chi connectivity index (χ2n) is 5.84. The molecule has 0 bridgehead atoms. The van der Waals surface area contributed by atoms with Gasteiger partial charge in [-0.25, -0.2) is 9.37 Å². The van der Waals surface area contributed by atoms with E-state index in [1.807, 2.05) is 0 Å². The van der Waals surface area contributed by atoms with Crippen molar-refractivity contribution in [2.75, 3.05) is 6.61 Å². The molecule has 0 aliphatic heterocycles. The Morgan fingerprint density at radius 1 is 1.24 bits per heavy atom. The molecule has 0 unspecified atom stereocenters. The lowest BCUT2D eigenvalue weighted by molar-refractivity contribution is 0.282. The number of thiazole rings is 1. The van der Waals surface area contributed by atoms with Crippen LogP contribution in [0, 0.1) is 5.82 Å². The first-order chi connectivity index (χ1) is 9.90. The Morgan fingerprint density at radius 2 is 1.90 bits per heavy atom. The lowest BCUT2D eigenvalue weighted by Gasteiger charge is -2.16. The predicted molar refractivity (Wildman–Crippen MR) is 82.3 cm³/mol. The molecule has 0 saturated carbocycles. The van der Waals surface area contributed by atoms with E-state index in [0.717, 1.165) is 15.6 Å². The number of hydrogen-bond acceptors (Lipinski definition) is 4. The number of ether oxygens (including phenoxy) is 1. The zero-order chi connectivity index (χ0) is 15.5. The molecule has 0 aliphatic rings. The van der Waals surface area contributed by atoms with E-state index in [4.69, 9.17) is 4.74 Å². The van der Waals surface area contributed by atoms with Crippen LogP contribution in [0.25, 0.3) is 0 Å². The number of rotatable bonds is 5. The number of halogens is 1. The summed E-state index contributed by atoms with van der Waals surface area (Å²) in [5.41, 5.74) is 0.872. The highest BCUT2D eigenvalue weighted by Crippen LogP contribution is 2.29. The fraction of sp³-hybridized carbons (Fsp3) is 0.438. The van der Waals surface area contributed by atoms with Crippen molar-refractivity contribution in [3.8, 4) is 5.75 Å². The highest BCUT2D eigenvalue weighted by molar-refractivity contribution is 7.11. The third-order valence-electron chi connectivity index (χ3n) is 2.99. The van der Waals surface area contributed by atoms with E-state index in [0.29, 0.717) is 18.8 Å². The highest BCUT2D eigenvalue weighted by atomic mass is 32.1. The summed E-state index contributed by atoms with van der Waals surface area (Å²) in [6.07, 6.45) is 0.672. The van der Waals surface area contributed by atoms with Crippen molar-refractivity contribution in [2.45, 2.75) is 39.2 Å². The van der Waals surface area contributed by atoms with Gasteiger partial charge in [-0.1, -0.05) is 20.8 Å². The lowest BCUT2D eigenvalue weighted by Crippen LogP contribution is -2.14. The van der Waals surface area contributed by atoms with Crippen LogP contribution in [0.4, 0.5) is 4.39 Å². The molecule has 0 aliphatic carbocycles. The van der Waals surface area contributed by atoms with Gasteiger partial charge in [-0.3, -0.25) is 0 Å². The topological polar surface area (TPSA) is 42.4 Å². The van der Waals surface area contributed by atoms with Crippen molar-refractivity contribution in [1.29, 1.82) is 0 Å². The van der Waals surface area contributed by atoms with Gasteiger partial charge in [0.25, 0.3) is 0 Å². The summed E-state index contributed by atoms with van der Waals surface area (Å²) in [6, 6.07) is 5.97. The summed E-state index contributed by atoms with van der Waals surface area (Å²) in [4.78, 5) is 5.53. The summed E-state index contributed by atoms with van der Waals surface area (Å²) in [5, 5.41) is 10.4. The molecule has 0 amide bonds. The molecule has 1 N–H and O–H groups in total. The maximum absolute atomic E-state index is 12.8. The van der Waals surface area contributed by atoms with Gasteiger partial charge in [-0.05, 0) is 24.3 Å².